The molecule has 3 rings (SSSR count). The Kier molecular flexibility index (Phi) is 6.91. The van der Waals surface area contributed by atoms with Gasteiger partial charge in [-0.15, -0.1) is 24.0 Å². The molecule has 0 atom stereocenters. The van der Waals surface area contributed by atoms with E-state index in [-0.39, 0.29) is 29.4 Å². The molecule has 2 N–H and O–H groups in total. The quantitative estimate of drug-likeness (QED) is 0.397. The lowest BCUT2D eigenvalue weighted by Gasteiger charge is -2.19. The van der Waals surface area contributed by atoms with Crippen LogP contribution >= 0.6 is 35.6 Å². The first-order valence-corrected chi connectivity index (χ1v) is 8.26. The molecule has 0 bridgehead atoms. The molecule has 1 aromatic carbocycles. The molecule has 0 spiro atoms. The Morgan fingerprint density at radius 2 is 2.21 bits per heavy atom. The Balaban J connectivity index is 0.00000208. The fourth-order valence-electron chi connectivity index (χ4n) is 2.73. The third-order valence-corrected chi connectivity index (χ3v) is 4.57. The van der Waals surface area contributed by atoms with Gasteiger partial charge >= 0.3 is 0 Å². The number of hydrogen-bond acceptors (Lipinski definition) is 2. The standard InChI is InChI=1S/C17H22ClN5.HI/c1-19-16(21-8-10-23-9-7-20-13-23)22-12-17(5-6-17)14-3-2-4-15(18)11-14;/h2-4,7,9,11,13H,5-6,8,10,12H2,1H3,(H2,19,21,22);1H. The van der Waals surface area contributed by atoms with Gasteiger partial charge in [-0.2, -0.15) is 0 Å². The highest BCUT2D eigenvalue weighted by atomic mass is 127. The van der Waals surface area contributed by atoms with E-state index in [0.717, 1.165) is 30.6 Å². The summed E-state index contributed by atoms with van der Waals surface area (Å²) in [6.07, 6.45) is 7.93. The molecule has 2 aromatic rings. The molecule has 0 saturated heterocycles. The molecule has 24 heavy (non-hydrogen) atoms. The Morgan fingerprint density at radius 3 is 2.83 bits per heavy atom. The molecular weight excluding hydrogens is 437 g/mol. The van der Waals surface area contributed by atoms with Crippen molar-refractivity contribution in [1.82, 2.24) is 20.2 Å². The smallest absolute Gasteiger partial charge is 0.191 e. The van der Waals surface area contributed by atoms with Gasteiger partial charge in [0, 0.05) is 49.5 Å². The predicted octanol–water partition coefficient (Wildman–Crippen LogP) is 3.05. The highest BCUT2D eigenvalue weighted by Crippen LogP contribution is 2.48. The first-order valence-electron chi connectivity index (χ1n) is 7.88. The average molecular weight is 460 g/mol. The third kappa shape index (κ3) is 4.86. The Bertz CT molecular complexity index is 667. The van der Waals surface area contributed by atoms with Crippen molar-refractivity contribution >= 4 is 41.5 Å². The number of benzene rings is 1. The van der Waals surface area contributed by atoms with Crippen molar-refractivity contribution in [2.75, 3.05) is 20.1 Å². The maximum Gasteiger partial charge on any atom is 0.191 e. The second-order valence-corrected chi connectivity index (χ2v) is 6.38. The monoisotopic (exact) mass is 459 g/mol. The van der Waals surface area contributed by atoms with Crippen LogP contribution in [0.2, 0.25) is 5.02 Å². The molecule has 0 unspecified atom stereocenters. The minimum Gasteiger partial charge on any atom is -0.356 e. The second-order valence-electron chi connectivity index (χ2n) is 5.94. The van der Waals surface area contributed by atoms with E-state index in [4.69, 9.17) is 11.6 Å². The zero-order valence-electron chi connectivity index (χ0n) is 13.7. The van der Waals surface area contributed by atoms with E-state index in [2.05, 4.69) is 32.7 Å². The summed E-state index contributed by atoms with van der Waals surface area (Å²) in [5.74, 6) is 0.832. The number of nitrogens with one attached hydrogen (secondary N) is 2. The average Bonchev–Trinajstić information content (AvgIpc) is 3.18. The number of imidazole rings is 1. The highest BCUT2D eigenvalue weighted by Gasteiger charge is 2.44. The van der Waals surface area contributed by atoms with Crippen LogP contribution in [0.25, 0.3) is 0 Å². The van der Waals surface area contributed by atoms with Crippen molar-refractivity contribution < 1.29 is 0 Å². The van der Waals surface area contributed by atoms with Crippen molar-refractivity contribution in [2.24, 2.45) is 4.99 Å². The Labute approximate surface area is 164 Å². The maximum absolute atomic E-state index is 6.12. The van der Waals surface area contributed by atoms with Crippen LogP contribution in [0.3, 0.4) is 0 Å². The van der Waals surface area contributed by atoms with E-state index >= 15 is 0 Å². The Hall–Kier alpha value is -1.28. The fraction of sp³-hybridized carbons (Fsp3) is 0.412. The van der Waals surface area contributed by atoms with E-state index < -0.39 is 0 Å². The molecular formula is C17H23ClIN5. The second kappa shape index (κ2) is 8.71. The van der Waals surface area contributed by atoms with Gasteiger partial charge in [-0.25, -0.2) is 4.98 Å². The first-order chi connectivity index (χ1) is 11.2. The van der Waals surface area contributed by atoms with E-state index in [1.165, 1.54) is 18.4 Å². The lowest BCUT2D eigenvalue weighted by atomic mass is 9.96. The van der Waals surface area contributed by atoms with Gasteiger partial charge in [-0.3, -0.25) is 4.99 Å². The third-order valence-electron chi connectivity index (χ3n) is 4.33. The molecule has 0 radical (unpaired) electrons. The van der Waals surface area contributed by atoms with Crippen molar-refractivity contribution in [3.05, 3.63) is 53.6 Å². The van der Waals surface area contributed by atoms with Crippen molar-refractivity contribution in [1.29, 1.82) is 0 Å². The normalized spacial score (nSPS) is 15.5. The van der Waals surface area contributed by atoms with Gasteiger partial charge in [0.2, 0.25) is 0 Å². The van der Waals surface area contributed by atoms with Crippen LogP contribution < -0.4 is 10.6 Å². The first kappa shape index (κ1) is 19.1. The minimum absolute atomic E-state index is 0. The molecule has 1 aliphatic carbocycles. The highest BCUT2D eigenvalue weighted by molar-refractivity contribution is 14.0. The zero-order valence-corrected chi connectivity index (χ0v) is 16.8. The molecule has 1 fully saturated rings. The van der Waals surface area contributed by atoms with Crippen molar-refractivity contribution in [3.8, 4) is 0 Å². The van der Waals surface area contributed by atoms with Gasteiger partial charge < -0.3 is 15.2 Å². The van der Waals surface area contributed by atoms with E-state index in [9.17, 15) is 0 Å². The largest absolute Gasteiger partial charge is 0.356 e. The van der Waals surface area contributed by atoms with Crippen LogP contribution in [0.15, 0.2) is 48.0 Å². The van der Waals surface area contributed by atoms with Crippen LogP contribution in [0.4, 0.5) is 0 Å². The van der Waals surface area contributed by atoms with Crippen LogP contribution in [-0.2, 0) is 12.0 Å². The number of halogens is 2. The SMILES string of the molecule is CN=C(NCCn1ccnc1)NCC1(c2cccc(Cl)c2)CC1.I. The Morgan fingerprint density at radius 1 is 1.38 bits per heavy atom. The van der Waals surface area contributed by atoms with E-state index in [0.29, 0.717) is 0 Å². The number of aliphatic imine (C=N–C) groups is 1. The topological polar surface area (TPSA) is 54.2 Å². The van der Waals surface area contributed by atoms with Gasteiger partial charge in [0.05, 0.1) is 6.33 Å². The lowest BCUT2D eigenvalue weighted by Crippen LogP contribution is -2.42. The van der Waals surface area contributed by atoms with Crippen LogP contribution in [0.5, 0.6) is 0 Å². The molecule has 0 aliphatic heterocycles. The van der Waals surface area contributed by atoms with E-state index in [1.54, 1.807) is 13.2 Å². The van der Waals surface area contributed by atoms with Crippen molar-refractivity contribution in [2.45, 2.75) is 24.8 Å². The molecule has 1 heterocycles. The summed E-state index contributed by atoms with van der Waals surface area (Å²) in [7, 11) is 1.80. The number of nitrogens with zero attached hydrogens (tertiary/aromatic N) is 3. The van der Waals surface area contributed by atoms with E-state index in [1.807, 2.05) is 29.2 Å². The van der Waals surface area contributed by atoms with Gasteiger partial charge in [0.15, 0.2) is 5.96 Å². The molecule has 0 amide bonds. The van der Waals surface area contributed by atoms with Gasteiger partial charge in [-0.1, -0.05) is 23.7 Å². The summed E-state index contributed by atoms with van der Waals surface area (Å²) in [6.45, 7) is 2.54. The van der Waals surface area contributed by atoms with Crippen molar-refractivity contribution in [3.63, 3.8) is 0 Å². The summed E-state index contributed by atoms with van der Waals surface area (Å²) in [6, 6.07) is 8.18. The molecule has 5 nitrogen and oxygen atoms in total. The fourth-order valence-corrected chi connectivity index (χ4v) is 2.92. The van der Waals surface area contributed by atoms with Gasteiger partial charge in [0.25, 0.3) is 0 Å². The predicted molar refractivity (Wildman–Crippen MR) is 109 cm³/mol. The summed E-state index contributed by atoms with van der Waals surface area (Å²) in [4.78, 5) is 8.33. The molecule has 1 aliphatic rings. The van der Waals surface area contributed by atoms with Gasteiger partial charge in [-0.05, 0) is 30.5 Å². The number of aromatic nitrogens is 2. The molecule has 1 saturated carbocycles. The number of guanidine groups is 1. The summed E-state index contributed by atoms with van der Waals surface area (Å²) >= 11 is 6.12. The van der Waals surface area contributed by atoms with Crippen LogP contribution in [-0.4, -0.2) is 35.6 Å². The minimum atomic E-state index is 0. The molecule has 130 valence electrons. The van der Waals surface area contributed by atoms with Gasteiger partial charge in [0.1, 0.15) is 0 Å². The molecule has 7 heteroatoms. The number of hydrogen-bond donors (Lipinski definition) is 2. The molecule has 1 aromatic heterocycles. The maximum atomic E-state index is 6.12. The summed E-state index contributed by atoms with van der Waals surface area (Å²) in [5.41, 5.74) is 1.51. The summed E-state index contributed by atoms with van der Waals surface area (Å²) < 4.78 is 2.04. The lowest BCUT2D eigenvalue weighted by molar-refractivity contribution is 0.628. The van der Waals surface area contributed by atoms with Crippen LogP contribution in [0, 0.1) is 0 Å². The summed E-state index contributed by atoms with van der Waals surface area (Å²) in [5, 5.41) is 7.58. The zero-order chi connectivity index (χ0) is 16.1. The van der Waals surface area contributed by atoms with Crippen LogP contribution in [0.1, 0.15) is 18.4 Å². The number of rotatable bonds is 6.